The molecular weight excluding hydrogens is 476 g/mol. The Morgan fingerprint density at radius 1 is 1.28 bits per heavy atom. The normalized spacial score (nSPS) is 17.5. The average Bonchev–Trinajstić information content (AvgIpc) is 3.36. The first-order valence-corrected chi connectivity index (χ1v) is 11.9. The van der Waals surface area contributed by atoms with Crippen LogP contribution >= 0.6 is 0 Å². The Morgan fingerprint density at radius 3 is 2.78 bits per heavy atom. The van der Waals surface area contributed by atoms with Crippen LogP contribution < -0.4 is 10.4 Å². The van der Waals surface area contributed by atoms with Gasteiger partial charge in [-0.1, -0.05) is 6.07 Å². The predicted molar refractivity (Wildman–Crippen MR) is 126 cm³/mol. The summed E-state index contributed by atoms with van der Waals surface area (Å²) in [5.74, 6) is -3.48. The molecule has 0 aliphatic carbocycles. The number of rotatable bonds is 10. The van der Waals surface area contributed by atoms with Crippen LogP contribution in [0, 0.1) is 11.6 Å². The maximum absolute atomic E-state index is 14.0. The van der Waals surface area contributed by atoms with E-state index in [1.807, 2.05) is 0 Å². The van der Waals surface area contributed by atoms with E-state index in [0.717, 1.165) is 25.0 Å². The van der Waals surface area contributed by atoms with E-state index in [2.05, 4.69) is 0 Å². The third kappa shape index (κ3) is 5.41. The summed E-state index contributed by atoms with van der Waals surface area (Å²) < 4.78 is 39.3. The summed E-state index contributed by atoms with van der Waals surface area (Å²) in [7, 11) is 1.57. The highest BCUT2D eigenvalue weighted by Crippen LogP contribution is 2.24. The fraction of sp³-hybridized carbons (Fsp3) is 0.480. The molecule has 0 radical (unpaired) electrons. The van der Waals surface area contributed by atoms with Gasteiger partial charge in [0.1, 0.15) is 18.3 Å². The zero-order valence-corrected chi connectivity index (χ0v) is 20.0. The van der Waals surface area contributed by atoms with Crippen molar-refractivity contribution in [1.29, 1.82) is 0 Å². The number of aryl methyl sites for hydroxylation is 1. The lowest BCUT2D eigenvalue weighted by Crippen LogP contribution is -2.56. The SMILES string of the molecule is COCCCN1CN(C[C@H]2CCCO2)C(=O)c2c(O)c(=O)c(C(=O)CCc3ccc(F)cc3F)cn21. The molecule has 1 atom stereocenters. The quantitative estimate of drug-likeness (QED) is 0.390. The molecule has 2 aliphatic rings. The molecule has 1 aromatic carbocycles. The van der Waals surface area contributed by atoms with E-state index < -0.39 is 34.5 Å². The number of nitrogens with zero attached hydrogens (tertiary/aromatic N) is 3. The second-order valence-electron chi connectivity index (χ2n) is 8.95. The third-order valence-electron chi connectivity index (χ3n) is 6.44. The molecule has 0 spiro atoms. The number of amides is 1. The van der Waals surface area contributed by atoms with Gasteiger partial charge in [-0.3, -0.25) is 24.1 Å². The molecule has 36 heavy (non-hydrogen) atoms. The molecule has 0 unspecified atom stereocenters. The van der Waals surface area contributed by atoms with Crippen LogP contribution in [0.1, 0.15) is 52.1 Å². The number of methoxy groups -OCH3 is 1. The summed E-state index contributed by atoms with van der Waals surface area (Å²) in [6, 6.07) is 3.06. The molecule has 2 aliphatic heterocycles. The molecule has 1 aromatic heterocycles. The van der Waals surface area contributed by atoms with Crippen LogP contribution in [0.3, 0.4) is 0 Å². The van der Waals surface area contributed by atoms with Crippen molar-refractivity contribution in [2.75, 3.05) is 45.1 Å². The number of carbonyl (C=O) groups excluding carboxylic acids is 2. The van der Waals surface area contributed by atoms with Gasteiger partial charge in [-0.2, -0.15) is 0 Å². The third-order valence-corrected chi connectivity index (χ3v) is 6.44. The first kappa shape index (κ1) is 25.8. The molecule has 1 saturated heterocycles. The van der Waals surface area contributed by atoms with Crippen LogP contribution in [0.15, 0.2) is 29.2 Å². The molecule has 11 heteroatoms. The van der Waals surface area contributed by atoms with Gasteiger partial charge in [0, 0.05) is 52.1 Å². The Morgan fingerprint density at radius 2 is 2.08 bits per heavy atom. The maximum atomic E-state index is 14.0. The van der Waals surface area contributed by atoms with E-state index in [4.69, 9.17) is 9.47 Å². The standard InChI is InChI=1S/C25H29F2N3O6/c1-35-10-3-9-29-15-28(13-18-4-2-11-36-18)25(34)22-24(33)23(32)19(14-30(22)29)21(31)8-6-16-5-7-17(26)12-20(16)27/h5,7,12,14,18,33H,2-4,6,8-11,13,15H2,1H3/t18-/m1/s1. The van der Waals surface area contributed by atoms with E-state index in [1.54, 1.807) is 12.1 Å². The Balaban J connectivity index is 1.62. The zero-order valence-electron chi connectivity index (χ0n) is 20.0. The number of pyridine rings is 1. The van der Waals surface area contributed by atoms with Gasteiger partial charge < -0.3 is 19.5 Å². The second kappa shape index (κ2) is 11.2. The fourth-order valence-corrected chi connectivity index (χ4v) is 4.54. The number of ketones is 1. The van der Waals surface area contributed by atoms with E-state index >= 15 is 0 Å². The maximum Gasteiger partial charge on any atom is 0.277 e. The summed E-state index contributed by atoms with van der Waals surface area (Å²) in [6.45, 7) is 1.99. The molecule has 3 heterocycles. The van der Waals surface area contributed by atoms with Crippen LogP contribution in [-0.4, -0.2) is 72.6 Å². The number of aromatic hydroxyl groups is 1. The molecular formula is C25H29F2N3O6. The number of carbonyl (C=O) groups is 2. The van der Waals surface area contributed by atoms with Crippen LogP contribution in [0.2, 0.25) is 0 Å². The van der Waals surface area contributed by atoms with E-state index in [0.29, 0.717) is 32.7 Å². The molecule has 0 saturated carbocycles. The number of Topliss-reactive ketones (excluding diaryl/α,β-unsaturated/α-hetero) is 1. The second-order valence-corrected chi connectivity index (χ2v) is 8.95. The monoisotopic (exact) mass is 505 g/mol. The molecule has 1 fully saturated rings. The van der Waals surface area contributed by atoms with Gasteiger partial charge in [-0.05, 0) is 37.3 Å². The molecule has 9 nitrogen and oxygen atoms in total. The Bertz CT molecular complexity index is 1200. The fourth-order valence-electron chi connectivity index (χ4n) is 4.54. The van der Waals surface area contributed by atoms with Gasteiger partial charge in [0.2, 0.25) is 5.43 Å². The molecule has 2 aromatic rings. The Kier molecular flexibility index (Phi) is 8.00. The number of fused-ring (bicyclic) bond motifs is 1. The highest BCUT2D eigenvalue weighted by atomic mass is 19.1. The van der Waals surface area contributed by atoms with Crippen molar-refractivity contribution >= 4 is 11.7 Å². The molecule has 0 bridgehead atoms. The van der Waals surface area contributed by atoms with Crippen LogP contribution in [0.4, 0.5) is 8.78 Å². The summed E-state index contributed by atoms with van der Waals surface area (Å²) in [5.41, 5.74) is -1.36. The van der Waals surface area contributed by atoms with Crippen molar-refractivity contribution < 1.29 is 33.0 Å². The van der Waals surface area contributed by atoms with E-state index in [9.17, 15) is 28.3 Å². The lowest BCUT2D eigenvalue weighted by atomic mass is 10.0. The number of hydrogen-bond acceptors (Lipinski definition) is 7. The molecule has 1 amide bonds. The summed E-state index contributed by atoms with van der Waals surface area (Å²) >= 11 is 0. The van der Waals surface area contributed by atoms with E-state index in [1.165, 1.54) is 21.8 Å². The van der Waals surface area contributed by atoms with Gasteiger partial charge in [0.05, 0.1) is 11.7 Å². The highest BCUT2D eigenvalue weighted by molar-refractivity contribution is 6.00. The number of hydrogen-bond donors (Lipinski definition) is 1. The minimum atomic E-state index is -0.963. The van der Waals surface area contributed by atoms with Crippen LogP contribution in [0.25, 0.3) is 0 Å². The number of benzene rings is 1. The van der Waals surface area contributed by atoms with Crippen molar-refractivity contribution in [3.05, 3.63) is 63.1 Å². The molecule has 1 N–H and O–H groups in total. The van der Waals surface area contributed by atoms with Gasteiger partial charge >= 0.3 is 0 Å². The Hall–Kier alpha value is -3.31. The molecule has 194 valence electrons. The van der Waals surface area contributed by atoms with Crippen molar-refractivity contribution in [3.8, 4) is 5.75 Å². The smallest absolute Gasteiger partial charge is 0.277 e. The minimum Gasteiger partial charge on any atom is -0.502 e. The zero-order chi connectivity index (χ0) is 25.8. The van der Waals surface area contributed by atoms with Gasteiger partial charge in [-0.25, -0.2) is 8.78 Å². The number of ether oxygens (including phenoxy) is 2. The highest BCUT2D eigenvalue weighted by Gasteiger charge is 2.35. The predicted octanol–water partition coefficient (Wildman–Crippen LogP) is 2.21. The topological polar surface area (TPSA) is 101 Å². The average molecular weight is 506 g/mol. The van der Waals surface area contributed by atoms with Crippen LogP contribution in [0.5, 0.6) is 5.75 Å². The lowest BCUT2D eigenvalue weighted by molar-refractivity contribution is 0.0455. The summed E-state index contributed by atoms with van der Waals surface area (Å²) in [4.78, 5) is 40.6. The number of aromatic nitrogens is 1. The van der Waals surface area contributed by atoms with E-state index in [-0.39, 0.29) is 42.4 Å². The van der Waals surface area contributed by atoms with Crippen molar-refractivity contribution in [1.82, 2.24) is 9.58 Å². The molecule has 4 rings (SSSR count). The van der Waals surface area contributed by atoms with Gasteiger partial charge in [0.15, 0.2) is 17.2 Å². The largest absolute Gasteiger partial charge is 0.502 e. The lowest BCUT2D eigenvalue weighted by Gasteiger charge is -2.40. The summed E-state index contributed by atoms with van der Waals surface area (Å²) in [5, 5.41) is 12.5. The Labute approximate surface area is 206 Å². The first-order valence-electron chi connectivity index (χ1n) is 11.9. The van der Waals surface area contributed by atoms with Crippen LogP contribution in [-0.2, 0) is 15.9 Å². The van der Waals surface area contributed by atoms with Crippen molar-refractivity contribution in [2.24, 2.45) is 0 Å². The minimum absolute atomic E-state index is 0.0570. The van der Waals surface area contributed by atoms with Gasteiger partial charge in [-0.15, -0.1) is 0 Å². The van der Waals surface area contributed by atoms with Crippen molar-refractivity contribution in [2.45, 2.75) is 38.2 Å². The van der Waals surface area contributed by atoms with Crippen molar-refractivity contribution in [3.63, 3.8) is 0 Å². The number of halogens is 2. The summed E-state index contributed by atoms with van der Waals surface area (Å²) in [6.07, 6.45) is 3.15. The van der Waals surface area contributed by atoms with Gasteiger partial charge in [0.25, 0.3) is 5.91 Å². The first-order chi connectivity index (χ1) is 17.3.